The third-order valence-electron chi connectivity index (χ3n) is 3.50. The first-order valence-electron chi connectivity index (χ1n) is 7.30. The third-order valence-corrected chi connectivity index (χ3v) is 4.05. The maximum absolute atomic E-state index is 12.3. The maximum atomic E-state index is 12.3. The van der Waals surface area contributed by atoms with E-state index in [0.717, 1.165) is 5.56 Å². The van der Waals surface area contributed by atoms with Gasteiger partial charge in [0.1, 0.15) is 0 Å². The van der Waals surface area contributed by atoms with E-state index < -0.39 is 0 Å². The fourth-order valence-electron chi connectivity index (χ4n) is 2.27. The highest BCUT2D eigenvalue weighted by Crippen LogP contribution is 2.32. The molecule has 1 aliphatic rings. The highest BCUT2D eigenvalue weighted by Gasteiger charge is 2.16. The molecule has 1 heterocycles. The monoisotopic (exact) mass is 364 g/mol. The van der Waals surface area contributed by atoms with Gasteiger partial charge >= 0.3 is 0 Å². The van der Waals surface area contributed by atoms with E-state index in [1.54, 1.807) is 36.4 Å². The second-order valence-electron chi connectivity index (χ2n) is 5.05. The number of fused-ring (bicyclic) bond motifs is 1. The van der Waals surface area contributed by atoms with Crippen LogP contribution in [0.25, 0.3) is 0 Å². The summed E-state index contributed by atoms with van der Waals surface area (Å²) in [5.74, 6) is 0.824. The number of amides is 1. The van der Waals surface area contributed by atoms with Gasteiger partial charge in [-0.25, -0.2) is 5.43 Å². The summed E-state index contributed by atoms with van der Waals surface area (Å²) < 4.78 is 10.5. The van der Waals surface area contributed by atoms with E-state index in [9.17, 15) is 4.79 Å². The Kier molecular flexibility index (Phi) is 4.92. The summed E-state index contributed by atoms with van der Waals surface area (Å²) in [5.41, 5.74) is 4.36. The smallest absolute Gasteiger partial charge is 0.271 e. The molecule has 2 aromatic carbocycles. The highest BCUT2D eigenvalue weighted by molar-refractivity contribution is 6.37. The van der Waals surface area contributed by atoms with Crippen LogP contribution in [-0.2, 0) is 0 Å². The summed E-state index contributed by atoms with van der Waals surface area (Å²) >= 11 is 12.1. The highest BCUT2D eigenvalue weighted by atomic mass is 35.5. The summed E-state index contributed by atoms with van der Waals surface area (Å²) in [6.07, 6.45) is 0.600. The van der Waals surface area contributed by atoms with Gasteiger partial charge in [0.2, 0.25) is 6.79 Å². The normalized spacial score (nSPS) is 13.0. The number of hydrazone groups is 1. The maximum Gasteiger partial charge on any atom is 0.271 e. The van der Waals surface area contributed by atoms with Crippen molar-refractivity contribution >= 4 is 34.8 Å². The first-order valence-corrected chi connectivity index (χ1v) is 8.06. The van der Waals surface area contributed by atoms with Crippen LogP contribution in [0.3, 0.4) is 0 Å². The van der Waals surface area contributed by atoms with Gasteiger partial charge in [-0.3, -0.25) is 4.79 Å². The lowest BCUT2D eigenvalue weighted by atomic mass is 10.1. The predicted octanol–water partition coefficient (Wildman–Crippen LogP) is 4.27. The number of hydrogen-bond acceptors (Lipinski definition) is 4. The van der Waals surface area contributed by atoms with Crippen molar-refractivity contribution in [3.05, 3.63) is 57.6 Å². The van der Waals surface area contributed by atoms with Crippen molar-refractivity contribution in [1.82, 2.24) is 5.43 Å². The molecule has 0 saturated heterocycles. The number of carbonyl (C=O) groups is 1. The molecule has 24 heavy (non-hydrogen) atoms. The lowest BCUT2D eigenvalue weighted by Crippen LogP contribution is -2.20. The Morgan fingerprint density at radius 3 is 2.71 bits per heavy atom. The molecule has 0 saturated carbocycles. The van der Waals surface area contributed by atoms with Crippen LogP contribution in [0.2, 0.25) is 10.0 Å². The molecule has 0 aromatic heterocycles. The molecule has 0 fully saturated rings. The van der Waals surface area contributed by atoms with Gasteiger partial charge in [0.25, 0.3) is 5.91 Å². The predicted molar refractivity (Wildman–Crippen MR) is 93.3 cm³/mol. The van der Waals surface area contributed by atoms with E-state index in [0.29, 0.717) is 39.2 Å². The molecule has 5 nitrogen and oxygen atoms in total. The van der Waals surface area contributed by atoms with Crippen LogP contribution in [0.15, 0.2) is 41.5 Å². The molecule has 0 unspecified atom stereocenters. The van der Waals surface area contributed by atoms with E-state index in [-0.39, 0.29) is 12.7 Å². The van der Waals surface area contributed by atoms with Gasteiger partial charge in [-0.05, 0) is 36.8 Å². The molecule has 124 valence electrons. The largest absolute Gasteiger partial charge is 0.454 e. The fraction of sp³-hybridized carbons (Fsp3) is 0.176. The van der Waals surface area contributed by atoms with Crippen molar-refractivity contribution in [2.24, 2.45) is 5.10 Å². The Morgan fingerprint density at radius 1 is 1.17 bits per heavy atom. The Balaban J connectivity index is 1.78. The second-order valence-corrected chi connectivity index (χ2v) is 5.89. The first kappa shape index (κ1) is 16.6. The quantitative estimate of drug-likeness (QED) is 0.650. The minimum atomic E-state index is -0.343. The summed E-state index contributed by atoms with van der Waals surface area (Å²) in [7, 11) is 0. The minimum absolute atomic E-state index is 0.160. The molecule has 3 rings (SSSR count). The Labute approximate surface area is 149 Å². The number of carbonyl (C=O) groups excluding carboxylic acids is 1. The van der Waals surface area contributed by atoms with E-state index in [1.807, 2.05) is 6.92 Å². The van der Waals surface area contributed by atoms with E-state index in [4.69, 9.17) is 32.7 Å². The molecule has 7 heteroatoms. The van der Waals surface area contributed by atoms with Crippen molar-refractivity contribution in [3.63, 3.8) is 0 Å². The van der Waals surface area contributed by atoms with Gasteiger partial charge in [0.05, 0.1) is 10.7 Å². The van der Waals surface area contributed by atoms with Crippen LogP contribution in [-0.4, -0.2) is 18.4 Å². The summed E-state index contributed by atoms with van der Waals surface area (Å²) in [5, 5.41) is 5.22. The van der Waals surface area contributed by atoms with Crippen molar-refractivity contribution < 1.29 is 14.3 Å². The average Bonchev–Trinajstić information content (AvgIpc) is 3.04. The lowest BCUT2D eigenvalue weighted by molar-refractivity contribution is 0.0954. The Hall–Kier alpha value is -2.24. The van der Waals surface area contributed by atoms with Crippen LogP contribution in [0.5, 0.6) is 11.5 Å². The van der Waals surface area contributed by atoms with Gasteiger partial charge in [-0.1, -0.05) is 36.2 Å². The molecule has 0 aliphatic carbocycles. The molecule has 0 atom stereocenters. The Morgan fingerprint density at radius 2 is 1.96 bits per heavy atom. The third kappa shape index (κ3) is 3.47. The molecule has 1 N–H and O–H groups in total. The van der Waals surface area contributed by atoms with Gasteiger partial charge in [-0.2, -0.15) is 5.10 Å². The number of rotatable bonds is 4. The number of ether oxygens (including phenoxy) is 2. The molecule has 0 radical (unpaired) electrons. The van der Waals surface area contributed by atoms with E-state index in [1.165, 1.54) is 0 Å². The number of nitrogens with one attached hydrogen (secondary N) is 1. The van der Waals surface area contributed by atoms with Crippen LogP contribution in [0, 0.1) is 0 Å². The average molecular weight is 365 g/mol. The van der Waals surface area contributed by atoms with Crippen LogP contribution < -0.4 is 14.9 Å². The van der Waals surface area contributed by atoms with Crippen molar-refractivity contribution in [1.29, 1.82) is 0 Å². The summed E-state index contributed by atoms with van der Waals surface area (Å²) in [6.45, 7) is 2.09. The standard InChI is InChI=1S/C17H14Cl2N2O3/c1-2-14(12-5-4-11(18)8-13(12)19)20-21-17(22)10-3-6-15-16(7-10)24-9-23-15/h3-8H,2,9H2,1H3,(H,21,22). The summed E-state index contributed by atoms with van der Waals surface area (Å²) in [6, 6.07) is 10.1. The SMILES string of the molecule is CCC(=NNC(=O)c1ccc2c(c1)OCO2)c1ccc(Cl)cc1Cl. The van der Waals surface area contributed by atoms with Crippen LogP contribution in [0.4, 0.5) is 0 Å². The zero-order valence-corrected chi connectivity index (χ0v) is 14.3. The Bertz CT molecular complexity index is 821. The second kappa shape index (κ2) is 7.11. The molecule has 0 bridgehead atoms. The molecular formula is C17H14Cl2N2O3. The topological polar surface area (TPSA) is 59.9 Å². The van der Waals surface area contributed by atoms with Gasteiger partial charge in [-0.15, -0.1) is 0 Å². The number of nitrogens with zero attached hydrogens (tertiary/aromatic N) is 1. The van der Waals surface area contributed by atoms with Gasteiger partial charge < -0.3 is 9.47 Å². The van der Waals surface area contributed by atoms with Crippen LogP contribution >= 0.6 is 23.2 Å². The molecule has 1 amide bonds. The molecule has 1 aliphatic heterocycles. The van der Waals surface area contributed by atoms with Gasteiger partial charge in [0.15, 0.2) is 11.5 Å². The van der Waals surface area contributed by atoms with Gasteiger partial charge in [0, 0.05) is 16.1 Å². The molecular weight excluding hydrogens is 351 g/mol. The van der Waals surface area contributed by atoms with E-state index >= 15 is 0 Å². The van der Waals surface area contributed by atoms with Crippen molar-refractivity contribution in [2.45, 2.75) is 13.3 Å². The first-order chi connectivity index (χ1) is 11.6. The zero-order chi connectivity index (χ0) is 17.1. The molecule has 2 aromatic rings. The molecule has 0 spiro atoms. The zero-order valence-electron chi connectivity index (χ0n) is 12.8. The van der Waals surface area contributed by atoms with Crippen molar-refractivity contribution in [3.8, 4) is 11.5 Å². The number of hydrogen-bond donors (Lipinski definition) is 1. The number of halogens is 2. The van der Waals surface area contributed by atoms with E-state index in [2.05, 4.69) is 10.5 Å². The van der Waals surface area contributed by atoms with Crippen molar-refractivity contribution in [2.75, 3.05) is 6.79 Å². The summed E-state index contributed by atoms with van der Waals surface area (Å²) in [4.78, 5) is 12.3. The minimum Gasteiger partial charge on any atom is -0.454 e. The van der Waals surface area contributed by atoms with Crippen LogP contribution in [0.1, 0.15) is 29.3 Å². The lowest BCUT2D eigenvalue weighted by Gasteiger charge is -2.08. The fourth-order valence-corrected chi connectivity index (χ4v) is 2.79. The number of benzene rings is 2.